The molecule has 0 radical (unpaired) electrons. The third-order valence-corrected chi connectivity index (χ3v) is 8.12. The molecule has 0 aromatic heterocycles. The van der Waals surface area contributed by atoms with E-state index < -0.39 is 5.91 Å². The SMILES string of the molecule is NC(=O)c1cccc(-c2ccc(CC3CCN(C4CCC5(CC4)CC5)C3=O)c(Cl)c2)c1. The molecule has 2 aromatic rings. The van der Waals surface area contributed by atoms with Gasteiger partial charge in [-0.05, 0) is 91.7 Å². The van der Waals surface area contributed by atoms with Crippen molar-refractivity contribution in [2.45, 2.75) is 57.4 Å². The largest absolute Gasteiger partial charge is 0.366 e. The van der Waals surface area contributed by atoms with E-state index in [0.29, 0.717) is 34.4 Å². The fraction of sp³-hybridized carbons (Fsp3) is 0.462. The third kappa shape index (κ3) is 4.10. The summed E-state index contributed by atoms with van der Waals surface area (Å²) in [6, 6.07) is 13.6. The zero-order valence-electron chi connectivity index (χ0n) is 17.8. The van der Waals surface area contributed by atoms with Crippen LogP contribution in [0.3, 0.4) is 0 Å². The van der Waals surface area contributed by atoms with Crippen LogP contribution in [0.25, 0.3) is 11.1 Å². The maximum atomic E-state index is 13.1. The molecular weight excluding hydrogens is 408 g/mol. The lowest BCUT2D eigenvalue weighted by atomic mass is 9.83. The first-order valence-electron chi connectivity index (χ1n) is 11.4. The number of hydrogen-bond donors (Lipinski definition) is 1. The number of nitrogens with zero attached hydrogens (tertiary/aromatic N) is 1. The van der Waals surface area contributed by atoms with Gasteiger partial charge >= 0.3 is 0 Å². The lowest BCUT2D eigenvalue weighted by Gasteiger charge is -2.35. The number of nitrogens with two attached hydrogens (primary N) is 1. The molecule has 5 heteroatoms. The van der Waals surface area contributed by atoms with Crippen molar-refractivity contribution in [1.29, 1.82) is 0 Å². The molecule has 2 N–H and O–H groups in total. The quantitative estimate of drug-likeness (QED) is 0.698. The van der Waals surface area contributed by atoms with Gasteiger partial charge in [0.2, 0.25) is 11.8 Å². The van der Waals surface area contributed by atoms with Crippen molar-refractivity contribution in [2.75, 3.05) is 6.54 Å². The second kappa shape index (κ2) is 7.98. The van der Waals surface area contributed by atoms with Gasteiger partial charge in [-0.3, -0.25) is 9.59 Å². The predicted molar refractivity (Wildman–Crippen MR) is 123 cm³/mol. The van der Waals surface area contributed by atoms with E-state index in [-0.39, 0.29) is 5.92 Å². The number of carbonyl (C=O) groups is 2. The van der Waals surface area contributed by atoms with E-state index in [0.717, 1.165) is 29.7 Å². The van der Waals surface area contributed by atoms with Crippen molar-refractivity contribution in [3.05, 3.63) is 58.6 Å². The van der Waals surface area contributed by atoms with Crippen LogP contribution < -0.4 is 5.73 Å². The highest BCUT2D eigenvalue weighted by molar-refractivity contribution is 6.31. The van der Waals surface area contributed by atoms with Crippen molar-refractivity contribution in [2.24, 2.45) is 17.1 Å². The van der Waals surface area contributed by atoms with E-state index in [1.165, 1.54) is 38.5 Å². The van der Waals surface area contributed by atoms with Crippen LogP contribution in [0.2, 0.25) is 5.02 Å². The topological polar surface area (TPSA) is 63.4 Å². The van der Waals surface area contributed by atoms with Crippen molar-refractivity contribution in [3.63, 3.8) is 0 Å². The van der Waals surface area contributed by atoms with Gasteiger partial charge in [0, 0.05) is 29.1 Å². The minimum Gasteiger partial charge on any atom is -0.366 e. The maximum absolute atomic E-state index is 13.1. The van der Waals surface area contributed by atoms with Gasteiger partial charge in [0.25, 0.3) is 0 Å². The number of likely N-dealkylation sites (tertiary alicyclic amines) is 1. The van der Waals surface area contributed by atoms with Crippen LogP contribution in [0, 0.1) is 11.3 Å². The fourth-order valence-corrected chi connectivity index (χ4v) is 5.79. The van der Waals surface area contributed by atoms with Gasteiger partial charge < -0.3 is 10.6 Å². The van der Waals surface area contributed by atoms with Crippen LogP contribution in [0.15, 0.2) is 42.5 Å². The fourth-order valence-electron chi connectivity index (χ4n) is 5.53. The molecule has 31 heavy (non-hydrogen) atoms. The summed E-state index contributed by atoms with van der Waals surface area (Å²) in [6.07, 6.45) is 9.37. The summed E-state index contributed by atoms with van der Waals surface area (Å²) in [5.74, 6) is -0.108. The van der Waals surface area contributed by atoms with Crippen molar-refractivity contribution in [3.8, 4) is 11.1 Å². The second-order valence-corrected chi connectivity index (χ2v) is 10.1. The monoisotopic (exact) mass is 436 g/mol. The average Bonchev–Trinajstić information content (AvgIpc) is 3.44. The third-order valence-electron chi connectivity index (χ3n) is 7.76. The van der Waals surface area contributed by atoms with Gasteiger partial charge in [0.15, 0.2) is 0 Å². The number of benzene rings is 2. The normalized spacial score (nSPS) is 22.8. The van der Waals surface area contributed by atoms with E-state index in [4.69, 9.17) is 17.3 Å². The number of primary amides is 1. The summed E-state index contributed by atoms with van der Waals surface area (Å²) >= 11 is 6.61. The number of amides is 2. The molecule has 5 rings (SSSR count). The summed E-state index contributed by atoms with van der Waals surface area (Å²) < 4.78 is 0. The highest BCUT2D eigenvalue weighted by atomic mass is 35.5. The molecule has 1 heterocycles. The molecule has 2 amide bonds. The van der Waals surface area contributed by atoms with Crippen LogP contribution in [-0.2, 0) is 11.2 Å². The van der Waals surface area contributed by atoms with Crippen LogP contribution in [0.1, 0.15) is 60.9 Å². The zero-order chi connectivity index (χ0) is 21.6. The molecule has 2 aliphatic carbocycles. The first-order chi connectivity index (χ1) is 14.9. The molecule has 2 saturated carbocycles. The van der Waals surface area contributed by atoms with E-state index in [1.54, 1.807) is 12.1 Å². The van der Waals surface area contributed by atoms with Gasteiger partial charge in [-0.2, -0.15) is 0 Å². The maximum Gasteiger partial charge on any atom is 0.248 e. The Morgan fingerprint density at radius 2 is 1.77 bits per heavy atom. The molecule has 1 unspecified atom stereocenters. The lowest BCUT2D eigenvalue weighted by Crippen LogP contribution is -2.40. The van der Waals surface area contributed by atoms with E-state index in [2.05, 4.69) is 4.90 Å². The van der Waals surface area contributed by atoms with Gasteiger partial charge in [0.1, 0.15) is 0 Å². The minimum atomic E-state index is -0.445. The highest BCUT2D eigenvalue weighted by Crippen LogP contribution is 2.56. The Balaban J connectivity index is 1.26. The van der Waals surface area contributed by atoms with Gasteiger partial charge in [-0.15, -0.1) is 0 Å². The summed E-state index contributed by atoms with van der Waals surface area (Å²) in [7, 11) is 0. The van der Waals surface area contributed by atoms with E-state index >= 15 is 0 Å². The summed E-state index contributed by atoms with van der Waals surface area (Å²) in [6.45, 7) is 0.886. The Morgan fingerprint density at radius 3 is 2.45 bits per heavy atom. The molecular formula is C26H29ClN2O2. The van der Waals surface area contributed by atoms with Gasteiger partial charge in [-0.1, -0.05) is 35.9 Å². The Bertz CT molecular complexity index is 1020. The summed E-state index contributed by atoms with van der Waals surface area (Å²) in [5, 5.41) is 0.668. The van der Waals surface area contributed by atoms with Gasteiger partial charge in [-0.25, -0.2) is 0 Å². The van der Waals surface area contributed by atoms with Crippen molar-refractivity contribution < 1.29 is 9.59 Å². The first kappa shape index (κ1) is 20.6. The molecule has 1 atom stereocenters. The zero-order valence-corrected chi connectivity index (χ0v) is 18.5. The molecule has 0 bridgehead atoms. The Labute approximate surface area is 188 Å². The highest BCUT2D eigenvalue weighted by Gasteiger charge is 2.47. The smallest absolute Gasteiger partial charge is 0.248 e. The standard InChI is InChI=1S/C26H29ClN2O2/c27-23-16-18(17-2-1-3-20(14-17)24(28)30)4-5-19(23)15-21-8-13-29(25(21)31)22-6-9-26(10-7-22)11-12-26/h1-5,14,16,21-22H,6-13,15H2,(H2,28,30). The van der Waals surface area contributed by atoms with E-state index in [9.17, 15) is 9.59 Å². The predicted octanol–water partition coefficient (Wildman–Crippen LogP) is 5.22. The lowest BCUT2D eigenvalue weighted by molar-refractivity contribution is -0.133. The number of halogens is 1. The summed E-state index contributed by atoms with van der Waals surface area (Å²) in [5.41, 5.74) is 9.38. The summed E-state index contributed by atoms with van der Waals surface area (Å²) in [4.78, 5) is 26.8. The van der Waals surface area contributed by atoms with Crippen LogP contribution in [0.4, 0.5) is 0 Å². The number of rotatable bonds is 5. The number of carbonyl (C=O) groups excluding carboxylic acids is 2. The Hall–Kier alpha value is -2.33. The molecule has 1 aliphatic heterocycles. The Morgan fingerprint density at radius 1 is 1.03 bits per heavy atom. The van der Waals surface area contributed by atoms with Crippen molar-refractivity contribution >= 4 is 23.4 Å². The second-order valence-electron chi connectivity index (χ2n) is 9.70. The average molecular weight is 437 g/mol. The molecule has 3 fully saturated rings. The van der Waals surface area contributed by atoms with Gasteiger partial charge in [0.05, 0.1) is 0 Å². The molecule has 2 aromatic carbocycles. The molecule has 1 spiro atoms. The molecule has 1 saturated heterocycles. The van der Waals surface area contributed by atoms with Crippen LogP contribution >= 0.6 is 11.6 Å². The number of hydrogen-bond acceptors (Lipinski definition) is 2. The molecule has 4 nitrogen and oxygen atoms in total. The van der Waals surface area contributed by atoms with Crippen molar-refractivity contribution in [1.82, 2.24) is 4.90 Å². The first-order valence-corrected chi connectivity index (χ1v) is 11.8. The molecule has 3 aliphatic rings. The van der Waals surface area contributed by atoms with E-state index in [1.807, 2.05) is 30.3 Å². The van der Waals surface area contributed by atoms with Crippen LogP contribution in [0.5, 0.6) is 0 Å². The van der Waals surface area contributed by atoms with Crippen LogP contribution in [-0.4, -0.2) is 29.3 Å². The molecule has 162 valence electrons. The minimum absolute atomic E-state index is 0.0263. The Kier molecular flexibility index (Phi) is 5.29.